The van der Waals surface area contributed by atoms with Crippen molar-refractivity contribution in [1.29, 1.82) is 0 Å². The van der Waals surface area contributed by atoms with Crippen LogP contribution < -0.4 is 16.4 Å². The van der Waals surface area contributed by atoms with Crippen LogP contribution in [0.2, 0.25) is 0 Å². The smallest absolute Gasteiger partial charge is 0.265 e. The van der Waals surface area contributed by atoms with Crippen molar-refractivity contribution in [1.82, 2.24) is 10.3 Å². The van der Waals surface area contributed by atoms with E-state index in [0.29, 0.717) is 23.3 Å². The number of aromatic nitrogens is 1. The molecule has 0 spiro atoms. The Labute approximate surface area is 127 Å². The minimum Gasteiger partial charge on any atom is -0.382 e. The summed E-state index contributed by atoms with van der Waals surface area (Å²) in [7, 11) is 0. The zero-order valence-electron chi connectivity index (χ0n) is 11.4. The third kappa shape index (κ3) is 4.14. The molecule has 1 amide bonds. The second-order valence-corrected chi connectivity index (χ2v) is 6.77. The van der Waals surface area contributed by atoms with Crippen molar-refractivity contribution in [3.05, 3.63) is 17.5 Å². The molecule has 1 aliphatic rings. The summed E-state index contributed by atoms with van der Waals surface area (Å²) in [6.45, 7) is 4.28. The van der Waals surface area contributed by atoms with E-state index in [-0.39, 0.29) is 5.91 Å². The van der Waals surface area contributed by atoms with Crippen molar-refractivity contribution in [3.8, 4) is 0 Å². The molecule has 0 unspecified atom stereocenters. The third-order valence-corrected chi connectivity index (χ3v) is 5.03. The van der Waals surface area contributed by atoms with E-state index in [1.54, 1.807) is 11.8 Å². The first-order valence-corrected chi connectivity index (χ1v) is 8.67. The average Bonchev–Trinajstić information content (AvgIpc) is 2.75. The SMILES string of the molecule is C=CCSCCNC(=O)c1sc(NC2CCC2)nc1N. The molecule has 1 aromatic rings. The fourth-order valence-corrected chi connectivity index (χ4v) is 3.22. The molecule has 110 valence electrons. The molecule has 1 heterocycles. The number of nitrogens with one attached hydrogen (secondary N) is 2. The molecular weight excluding hydrogens is 292 g/mol. The molecule has 0 aromatic carbocycles. The van der Waals surface area contributed by atoms with Crippen molar-refractivity contribution in [3.63, 3.8) is 0 Å². The van der Waals surface area contributed by atoms with E-state index in [0.717, 1.165) is 16.6 Å². The van der Waals surface area contributed by atoms with Gasteiger partial charge in [-0.1, -0.05) is 17.4 Å². The van der Waals surface area contributed by atoms with Gasteiger partial charge in [0.1, 0.15) is 10.7 Å². The van der Waals surface area contributed by atoms with Gasteiger partial charge in [0.25, 0.3) is 5.91 Å². The molecular formula is C13H20N4OS2. The number of rotatable bonds is 8. The van der Waals surface area contributed by atoms with Crippen LogP contribution in [0.3, 0.4) is 0 Å². The highest BCUT2D eigenvalue weighted by Gasteiger charge is 2.21. The zero-order chi connectivity index (χ0) is 14.4. The van der Waals surface area contributed by atoms with Crippen LogP contribution in [0.4, 0.5) is 10.9 Å². The van der Waals surface area contributed by atoms with Gasteiger partial charge in [-0.05, 0) is 19.3 Å². The Morgan fingerprint density at radius 1 is 1.60 bits per heavy atom. The first-order valence-electron chi connectivity index (χ1n) is 6.70. The molecule has 0 radical (unpaired) electrons. The number of hydrogen-bond acceptors (Lipinski definition) is 6. The van der Waals surface area contributed by atoms with Crippen LogP contribution in [-0.4, -0.2) is 35.0 Å². The summed E-state index contributed by atoms with van der Waals surface area (Å²) in [4.78, 5) is 16.7. The van der Waals surface area contributed by atoms with Gasteiger partial charge in [0.2, 0.25) is 0 Å². The number of hydrogen-bond donors (Lipinski definition) is 3. The molecule has 0 aliphatic heterocycles. The Morgan fingerprint density at radius 2 is 2.40 bits per heavy atom. The normalized spacial score (nSPS) is 14.6. The van der Waals surface area contributed by atoms with Crippen molar-refractivity contribution in [2.75, 3.05) is 29.1 Å². The van der Waals surface area contributed by atoms with Gasteiger partial charge in [-0.2, -0.15) is 11.8 Å². The summed E-state index contributed by atoms with van der Waals surface area (Å²) in [6.07, 6.45) is 5.45. The van der Waals surface area contributed by atoms with E-state index in [1.807, 2.05) is 6.08 Å². The van der Waals surface area contributed by atoms with Gasteiger partial charge in [-0.25, -0.2) is 4.98 Å². The number of anilines is 2. The maximum Gasteiger partial charge on any atom is 0.265 e. The van der Waals surface area contributed by atoms with E-state index < -0.39 is 0 Å². The zero-order valence-corrected chi connectivity index (χ0v) is 13.0. The lowest BCUT2D eigenvalue weighted by atomic mass is 9.93. The van der Waals surface area contributed by atoms with Crippen LogP contribution in [-0.2, 0) is 0 Å². The molecule has 0 saturated heterocycles. The molecule has 7 heteroatoms. The topological polar surface area (TPSA) is 80.0 Å². The molecule has 1 aliphatic carbocycles. The molecule has 5 nitrogen and oxygen atoms in total. The predicted molar refractivity (Wildman–Crippen MR) is 87.6 cm³/mol. The lowest BCUT2D eigenvalue weighted by Crippen LogP contribution is -2.26. The van der Waals surface area contributed by atoms with Crippen LogP contribution in [0.15, 0.2) is 12.7 Å². The molecule has 1 fully saturated rings. The van der Waals surface area contributed by atoms with Crippen molar-refractivity contribution in [2.45, 2.75) is 25.3 Å². The van der Waals surface area contributed by atoms with Crippen LogP contribution in [0.5, 0.6) is 0 Å². The molecule has 0 bridgehead atoms. The van der Waals surface area contributed by atoms with E-state index in [9.17, 15) is 4.79 Å². The first kappa shape index (κ1) is 15.2. The minimum absolute atomic E-state index is 0.138. The van der Waals surface area contributed by atoms with E-state index in [1.165, 1.54) is 30.6 Å². The van der Waals surface area contributed by atoms with Gasteiger partial charge >= 0.3 is 0 Å². The Hall–Kier alpha value is -1.21. The largest absolute Gasteiger partial charge is 0.382 e. The number of nitrogens with zero attached hydrogens (tertiary/aromatic N) is 1. The standard InChI is InChI=1S/C13H20N4OS2/c1-2-7-19-8-6-15-12(18)10-11(14)17-13(20-10)16-9-4-3-5-9/h2,9H,1,3-8,14H2,(H,15,18)(H,16,17). The van der Waals surface area contributed by atoms with Gasteiger partial charge in [0.15, 0.2) is 5.13 Å². The highest BCUT2D eigenvalue weighted by atomic mass is 32.2. The first-order chi connectivity index (χ1) is 9.70. The number of nitrogen functional groups attached to an aromatic ring is 1. The van der Waals surface area contributed by atoms with Gasteiger partial charge in [-0.15, -0.1) is 6.58 Å². The summed E-state index contributed by atoms with van der Waals surface area (Å²) >= 11 is 3.06. The lowest BCUT2D eigenvalue weighted by Gasteiger charge is -2.25. The summed E-state index contributed by atoms with van der Waals surface area (Å²) in [5, 5.41) is 6.92. The average molecular weight is 312 g/mol. The number of carbonyl (C=O) groups excluding carboxylic acids is 1. The number of thiazole rings is 1. The second kappa shape index (κ2) is 7.54. The Kier molecular flexibility index (Phi) is 5.72. The molecule has 4 N–H and O–H groups in total. The summed E-state index contributed by atoms with van der Waals surface area (Å²) < 4.78 is 0. The summed E-state index contributed by atoms with van der Waals surface area (Å²) in [5.74, 6) is 1.94. The number of thioether (sulfide) groups is 1. The number of nitrogens with two attached hydrogens (primary N) is 1. The van der Waals surface area contributed by atoms with E-state index in [2.05, 4.69) is 22.2 Å². The Morgan fingerprint density at radius 3 is 3.05 bits per heavy atom. The van der Waals surface area contributed by atoms with Crippen LogP contribution in [0.25, 0.3) is 0 Å². The molecule has 0 atom stereocenters. The van der Waals surface area contributed by atoms with E-state index >= 15 is 0 Å². The van der Waals surface area contributed by atoms with Crippen LogP contribution in [0.1, 0.15) is 28.9 Å². The summed E-state index contributed by atoms with van der Waals surface area (Å²) in [5.41, 5.74) is 5.81. The Bertz CT molecular complexity index is 471. The van der Waals surface area contributed by atoms with Gasteiger partial charge in [0, 0.05) is 24.1 Å². The van der Waals surface area contributed by atoms with Crippen molar-refractivity contribution < 1.29 is 4.79 Å². The molecule has 1 aromatic heterocycles. The fraction of sp³-hybridized carbons (Fsp3) is 0.538. The van der Waals surface area contributed by atoms with Crippen LogP contribution in [0, 0.1) is 0 Å². The predicted octanol–water partition coefficient (Wildman–Crippen LogP) is 2.34. The maximum atomic E-state index is 12.0. The fourth-order valence-electron chi connectivity index (χ4n) is 1.77. The highest BCUT2D eigenvalue weighted by molar-refractivity contribution is 7.99. The quantitative estimate of drug-likeness (QED) is 0.507. The van der Waals surface area contributed by atoms with Crippen molar-refractivity contribution >= 4 is 40.0 Å². The van der Waals surface area contributed by atoms with Crippen LogP contribution >= 0.6 is 23.1 Å². The highest BCUT2D eigenvalue weighted by Crippen LogP contribution is 2.29. The van der Waals surface area contributed by atoms with Gasteiger partial charge < -0.3 is 16.4 Å². The third-order valence-electron chi connectivity index (χ3n) is 3.06. The van der Waals surface area contributed by atoms with Crippen molar-refractivity contribution in [2.24, 2.45) is 0 Å². The maximum absolute atomic E-state index is 12.0. The minimum atomic E-state index is -0.138. The monoisotopic (exact) mass is 312 g/mol. The van der Waals surface area contributed by atoms with Gasteiger partial charge in [0.05, 0.1) is 0 Å². The Balaban J connectivity index is 1.80. The molecule has 20 heavy (non-hydrogen) atoms. The van der Waals surface area contributed by atoms with Gasteiger partial charge in [-0.3, -0.25) is 4.79 Å². The second-order valence-electron chi connectivity index (χ2n) is 4.63. The summed E-state index contributed by atoms with van der Waals surface area (Å²) in [6, 6.07) is 0.492. The number of amides is 1. The lowest BCUT2D eigenvalue weighted by molar-refractivity contribution is 0.0961. The number of carbonyl (C=O) groups is 1. The molecule has 2 rings (SSSR count). The molecule has 1 saturated carbocycles. The van der Waals surface area contributed by atoms with E-state index in [4.69, 9.17) is 5.73 Å².